The number of carbonyl (C=O) groups excluding carboxylic acids is 3. The van der Waals surface area contributed by atoms with Gasteiger partial charge in [0, 0.05) is 6.92 Å². The Balaban J connectivity index is 3.27. The lowest BCUT2D eigenvalue weighted by Gasteiger charge is -2.27. The van der Waals surface area contributed by atoms with Crippen molar-refractivity contribution < 1.29 is 49.6 Å². The van der Waals surface area contributed by atoms with Crippen molar-refractivity contribution in [3.63, 3.8) is 0 Å². The van der Waals surface area contributed by atoms with Crippen LogP contribution in [0.3, 0.4) is 0 Å². The molecule has 0 heterocycles. The highest BCUT2D eigenvalue weighted by Gasteiger charge is 2.58. The summed E-state index contributed by atoms with van der Waals surface area (Å²) in [5.41, 5.74) is 0.132. The van der Waals surface area contributed by atoms with Crippen LogP contribution < -0.4 is 0 Å². The van der Waals surface area contributed by atoms with E-state index in [0.717, 1.165) is 6.92 Å². The molecule has 0 aliphatic heterocycles. The molecular weight excluding hydrogens is 375 g/mol. The topological polar surface area (TPSA) is 78.9 Å². The predicted octanol–water partition coefficient (Wildman–Crippen LogP) is 2.18. The van der Waals surface area contributed by atoms with Crippen molar-refractivity contribution in [2.75, 3.05) is 0 Å². The standard InChI is InChI=1S/C13H11F5O6Si/c1-8(19)22-25(23-11(20)10(14)15,24-12(21)13(16,17)18)7-9-5-3-2-4-6-9/h2-6,10H,7H2,1H3. The lowest BCUT2D eigenvalue weighted by molar-refractivity contribution is -0.195. The van der Waals surface area contributed by atoms with E-state index in [1.165, 1.54) is 30.3 Å². The average Bonchev–Trinajstić information content (AvgIpc) is 2.46. The van der Waals surface area contributed by atoms with E-state index in [4.69, 9.17) is 0 Å². The third kappa shape index (κ3) is 6.49. The van der Waals surface area contributed by atoms with Gasteiger partial charge in [-0.3, -0.25) is 4.79 Å². The molecule has 0 aliphatic carbocycles. The molecule has 0 spiro atoms. The molecule has 138 valence electrons. The summed E-state index contributed by atoms with van der Waals surface area (Å²) < 4.78 is 75.2. The monoisotopic (exact) mass is 386 g/mol. The Bertz CT molecular complexity index is 636. The zero-order valence-corrected chi connectivity index (χ0v) is 13.5. The Morgan fingerprint density at radius 3 is 2.04 bits per heavy atom. The molecule has 1 atom stereocenters. The maximum atomic E-state index is 12.5. The number of benzene rings is 1. The second-order valence-corrected chi connectivity index (χ2v) is 6.88. The Morgan fingerprint density at radius 1 is 1.04 bits per heavy atom. The number of alkyl halides is 5. The first-order valence-electron chi connectivity index (χ1n) is 6.50. The van der Waals surface area contributed by atoms with Gasteiger partial charge in [0.2, 0.25) is 0 Å². The van der Waals surface area contributed by atoms with Gasteiger partial charge in [0.05, 0.1) is 6.04 Å². The molecule has 0 saturated carbocycles. The van der Waals surface area contributed by atoms with Crippen molar-refractivity contribution in [2.45, 2.75) is 25.6 Å². The van der Waals surface area contributed by atoms with Crippen molar-refractivity contribution in [1.82, 2.24) is 0 Å². The number of halogens is 5. The molecule has 1 rings (SSSR count). The lowest BCUT2D eigenvalue weighted by atomic mass is 10.2. The minimum atomic E-state index is -5.52. The molecule has 1 aromatic carbocycles. The Hall–Kier alpha value is -2.50. The zero-order chi connectivity index (χ0) is 19.3. The van der Waals surface area contributed by atoms with Crippen molar-refractivity contribution in [3.8, 4) is 0 Å². The normalized spacial score (nSPS) is 13.7. The van der Waals surface area contributed by atoms with Crippen molar-refractivity contribution in [1.29, 1.82) is 0 Å². The quantitative estimate of drug-likeness (QED) is 0.551. The SMILES string of the molecule is CC(=O)O[Si](Cc1ccccc1)(OC(=O)C(F)F)OC(=O)C(F)(F)F. The highest BCUT2D eigenvalue weighted by Crippen LogP contribution is 2.24. The smallest absolute Gasteiger partial charge is 0.455 e. The molecule has 0 aromatic heterocycles. The van der Waals surface area contributed by atoms with E-state index in [-0.39, 0.29) is 5.56 Å². The van der Waals surface area contributed by atoms with Gasteiger partial charge < -0.3 is 13.3 Å². The molecule has 0 bridgehead atoms. The third-order valence-electron chi connectivity index (χ3n) is 2.48. The molecule has 0 fully saturated rings. The Kier molecular flexibility index (Phi) is 6.61. The number of hydrogen-bond donors (Lipinski definition) is 0. The van der Waals surface area contributed by atoms with Gasteiger partial charge in [-0.1, -0.05) is 30.3 Å². The van der Waals surface area contributed by atoms with Gasteiger partial charge in [0.15, 0.2) is 0 Å². The van der Waals surface area contributed by atoms with Gasteiger partial charge in [-0.15, -0.1) is 0 Å². The molecule has 12 heteroatoms. The maximum Gasteiger partial charge on any atom is 0.710 e. The van der Waals surface area contributed by atoms with Crippen molar-refractivity contribution in [3.05, 3.63) is 35.9 Å². The highest BCUT2D eigenvalue weighted by atomic mass is 28.4. The van der Waals surface area contributed by atoms with Crippen LogP contribution in [0, 0.1) is 0 Å². The van der Waals surface area contributed by atoms with E-state index in [0.29, 0.717) is 0 Å². The molecule has 1 aromatic rings. The van der Waals surface area contributed by atoms with Crippen LogP contribution in [0.4, 0.5) is 22.0 Å². The summed E-state index contributed by atoms with van der Waals surface area (Å²) in [5, 5.41) is 0. The molecule has 0 amide bonds. The van der Waals surface area contributed by atoms with E-state index < -0.39 is 45.4 Å². The number of hydrogen-bond acceptors (Lipinski definition) is 6. The van der Waals surface area contributed by atoms with Crippen LogP contribution in [0.2, 0.25) is 0 Å². The van der Waals surface area contributed by atoms with E-state index in [1.54, 1.807) is 0 Å². The summed E-state index contributed by atoms with van der Waals surface area (Å²) in [6.07, 6.45) is -9.26. The molecule has 0 aliphatic rings. The predicted molar refractivity (Wildman–Crippen MR) is 71.9 cm³/mol. The van der Waals surface area contributed by atoms with Crippen LogP contribution in [-0.2, 0) is 33.7 Å². The fourth-order valence-corrected chi connectivity index (χ4v) is 3.94. The molecule has 1 unspecified atom stereocenters. The van der Waals surface area contributed by atoms with E-state index >= 15 is 0 Å². The second-order valence-electron chi connectivity index (χ2n) is 4.55. The minimum absolute atomic E-state index is 0.132. The Morgan fingerprint density at radius 2 is 1.60 bits per heavy atom. The summed E-state index contributed by atoms with van der Waals surface area (Å²) in [6, 6.07) is 6.25. The highest BCUT2D eigenvalue weighted by molar-refractivity contribution is 6.65. The minimum Gasteiger partial charge on any atom is -0.455 e. The summed E-state index contributed by atoms with van der Waals surface area (Å²) in [7, 11) is -5.15. The van der Waals surface area contributed by atoms with Gasteiger partial charge in [-0.2, -0.15) is 22.0 Å². The van der Waals surface area contributed by atoms with Crippen molar-refractivity contribution in [2.24, 2.45) is 0 Å². The first kappa shape index (κ1) is 20.5. The second kappa shape index (κ2) is 8.05. The third-order valence-corrected chi connectivity index (χ3v) is 4.92. The van der Waals surface area contributed by atoms with Gasteiger partial charge in [-0.25, -0.2) is 9.59 Å². The zero-order valence-electron chi connectivity index (χ0n) is 12.5. The van der Waals surface area contributed by atoms with E-state index in [9.17, 15) is 36.3 Å². The summed E-state index contributed by atoms with van der Waals surface area (Å²) >= 11 is 0. The van der Waals surface area contributed by atoms with Crippen LogP contribution in [0.1, 0.15) is 12.5 Å². The van der Waals surface area contributed by atoms with Crippen LogP contribution in [0.25, 0.3) is 0 Å². The van der Waals surface area contributed by atoms with Crippen LogP contribution in [0.5, 0.6) is 0 Å². The van der Waals surface area contributed by atoms with Crippen LogP contribution in [-0.4, -0.2) is 39.3 Å². The fraction of sp³-hybridized carbons (Fsp3) is 0.308. The van der Waals surface area contributed by atoms with Gasteiger partial charge in [-0.05, 0) is 5.56 Å². The molecule has 0 N–H and O–H groups in total. The van der Waals surface area contributed by atoms with Gasteiger partial charge >= 0.3 is 33.3 Å². The van der Waals surface area contributed by atoms with Gasteiger partial charge in [0.25, 0.3) is 5.97 Å². The maximum absolute atomic E-state index is 12.5. The average molecular weight is 386 g/mol. The first-order chi connectivity index (χ1) is 11.4. The largest absolute Gasteiger partial charge is 0.710 e. The van der Waals surface area contributed by atoms with Crippen LogP contribution >= 0.6 is 0 Å². The summed E-state index contributed by atoms with van der Waals surface area (Å²) in [4.78, 5) is 33.5. The summed E-state index contributed by atoms with van der Waals surface area (Å²) in [5.74, 6) is -6.39. The number of carbonyl (C=O) groups is 3. The lowest BCUT2D eigenvalue weighted by Crippen LogP contribution is -2.55. The summed E-state index contributed by atoms with van der Waals surface area (Å²) in [6.45, 7) is 0.727. The molecule has 0 saturated heterocycles. The molecule has 6 nitrogen and oxygen atoms in total. The number of rotatable bonds is 6. The fourth-order valence-electron chi connectivity index (χ4n) is 1.63. The molecule has 25 heavy (non-hydrogen) atoms. The van der Waals surface area contributed by atoms with Gasteiger partial charge in [0.1, 0.15) is 0 Å². The molecular formula is C13H11F5O6Si. The Labute approximate surface area is 138 Å². The van der Waals surface area contributed by atoms with E-state index in [2.05, 4.69) is 13.3 Å². The molecule has 0 radical (unpaired) electrons. The van der Waals surface area contributed by atoms with Crippen LogP contribution in [0.15, 0.2) is 30.3 Å². The van der Waals surface area contributed by atoms with Crippen molar-refractivity contribution >= 4 is 26.7 Å². The first-order valence-corrected chi connectivity index (χ1v) is 8.43. The van der Waals surface area contributed by atoms with E-state index in [1.807, 2.05) is 0 Å².